The van der Waals surface area contributed by atoms with E-state index in [1.807, 2.05) is 19.2 Å². The van der Waals surface area contributed by atoms with E-state index in [9.17, 15) is 0 Å². The molecule has 0 bridgehead atoms. The van der Waals surface area contributed by atoms with Crippen molar-refractivity contribution in [2.24, 2.45) is 5.73 Å². The molecule has 0 aliphatic rings. The summed E-state index contributed by atoms with van der Waals surface area (Å²) in [6, 6.07) is 3.89. The Kier molecular flexibility index (Phi) is 4.18. The van der Waals surface area contributed by atoms with E-state index in [4.69, 9.17) is 5.73 Å². The summed E-state index contributed by atoms with van der Waals surface area (Å²) in [6.45, 7) is 1.65. The molecule has 0 aliphatic carbocycles. The first-order valence-corrected chi connectivity index (χ1v) is 5.06. The van der Waals surface area contributed by atoms with Gasteiger partial charge in [0.05, 0.1) is 4.47 Å². The summed E-state index contributed by atoms with van der Waals surface area (Å²) >= 11 is 3.45. The minimum Gasteiger partial charge on any atom is -0.359 e. The number of hydrogen-bond acceptors (Lipinski definition) is 3. The lowest BCUT2D eigenvalue weighted by Crippen LogP contribution is -2.22. The lowest BCUT2D eigenvalue weighted by Gasteiger charge is -2.18. The number of halogens is 1. The number of nitrogens with two attached hydrogens (primary N) is 1. The molecule has 1 rings (SSSR count). The molecular weight excluding hydrogens is 230 g/mol. The summed E-state index contributed by atoms with van der Waals surface area (Å²) in [5.74, 6) is 0.968. The molecule has 0 amide bonds. The molecule has 72 valence electrons. The molecule has 1 heterocycles. The fourth-order valence-electron chi connectivity index (χ4n) is 1.09. The first-order valence-electron chi connectivity index (χ1n) is 4.27. The van der Waals surface area contributed by atoms with E-state index in [-0.39, 0.29) is 0 Å². The Bertz CT molecular complexity index is 265. The molecule has 0 atom stereocenters. The van der Waals surface area contributed by atoms with Crippen LogP contribution in [-0.2, 0) is 0 Å². The van der Waals surface area contributed by atoms with E-state index in [2.05, 4.69) is 25.8 Å². The second kappa shape index (κ2) is 5.19. The molecule has 0 radical (unpaired) electrons. The van der Waals surface area contributed by atoms with Crippen LogP contribution in [0, 0.1) is 0 Å². The van der Waals surface area contributed by atoms with Gasteiger partial charge in [-0.1, -0.05) is 0 Å². The average molecular weight is 244 g/mol. The number of anilines is 1. The first-order chi connectivity index (χ1) is 6.25. The van der Waals surface area contributed by atoms with Crippen LogP contribution < -0.4 is 10.6 Å². The molecule has 0 fully saturated rings. The third-order valence-corrected chi connectivity index (χ3v) is 2.42. The van der Waals surface area contributed by atoms with Crippen LogP contribution in [0.4, 0.5) is 5.82 Å². The maximum Gasteiger partial charge on any atom is 0.142 e. The number of nitrogens with zero attached hydrogens (tertiary/aromatic N) is 2. The summed E-state index contributed by atoms with van der Waals surface area (Å²) in [5.41, 5.74) is 5.43. The minimum absolute atomic E-state index is 0.717. The summed E-state index contributed by atoms with van der Waals surface area (Å²) in [7, 11) is 2.02. The second-order valence-electron chi connectivity index (χ2n) is 2.87. The van der Waals surface area contributed by atoms with Crippen LogP contribution in [0.25, 0.3) is 0 Å². The number of rotatable bonds is 4. The highest BCUT2D eigenvalue weighted by molar-refractivity contribution is 9.10. The SMILES string of the molecule is CN(CCCN)c1ncccc1Br. The van der Waals surface area contributed by atoms with Gasteiger partial charge in [-0.3, -0.25) is 0 Å². The van der Waals surface area contributed by atoms with Crippen molar-refractivity contribution in [3.8, 4) is 0 Å². The molecule has 2 N–H and O–H groups in total. The fourth-order valence-corrected chi connectivity index (χ4v) is 1.65. The van der Waals surface area contributed by atoms with Gasteiger partial charge < -0.3 is 10.6 Å². The van der Waals surface area contributed by atoms with Crippen molar-refractivity contribution in [2.75, 3.05) is 25.0 Å². The largest absolute Gasteiger partial charge is 0.359 e. The lowest BCUT2D eigenvalue weighted by atomic mass is 10.4. The molecule has 0 aliphatic heterocycles. The molecule has 3 nitrogen and oxygen atoms in total. The molecular formula is C9H14BrN3. The molecule has 0 spiro atoms. The van der Waals surface area contributed by atoms with Crippen LogP contribution in [0.1, 0.15) is 6.42 Å². The summed E-state index contributed by atoms with van der Waals surface area (Å²) < 4.78 is 1.02. The summed E-state index contributed by atoms with van der Waals surface area (Å²) in [5, 5.41) is 0. The van der Waals surface area contributed by atoms with Crippen LogP contribution in [-0.4, -0.2) is 25.1 Å². The maximum atomic E-state index is 5.43. The van der Waals surface area contributed by atoms with Gasteiger partial charge in [0, 0.05) is 19.8 Å². The topological polar surface area (TPSA) is 42.1 Å². The Balaban J connectivity index is 2.65. The number of pyridine rings is 1. The van der Waals surface area contributed by atoms with E-state index in [0.717, 1.165) is 29.8 Å². The standard InChI is InChI=1S/C9H14BrN3/c1-13(7-3-5-11)9-8(10)4-2-6-12-9/h2,4,6H,3,5,7,11H2,1H3. The monoisotopic (exact) mass is 243 g/mol. The highest BCUT2D eigenvalue weighted by atomic mass is 79.9. The lowest BCUT2D eigenvalue weighted by molar-refractivity contribution is 0.785. The predicted molar refractivity (Wildman–Crippen MR) is 58.9 cm³/mol. The van der Waals surface area contributed by atoms with E-state index < -0.39 is 0 Å². The zero-order valence-electron chi connectivity index (χ0n) is 7.70. The molecule has 1 aromatic heterocycles. The summed E-state index contributed by atoms with van der Waals surface area (Å²) in [4.78, 5) is 6.36. The van der Waals surface area contributed by atoms with Crippen molar-refractivity contribution in [3.63, 3.8) is 0 Å². The molecule has 0 aromatic carbocycles. The first kappa shape index (κ1) is 10.5. The van der Waals surface area contributed by atoms with Gasteiger partial charge in [0.2, 0.25) is 0 Å². The molecule has 4 heteroatoms. The van der Waals surface area contributed by atoms with Gasteiger partial charge >= 0.3 is 0 Å². The van der Waals surface area contributed by atoms with Gasteiger partial charge in [-0.25, -0.2) is 4.98 Å². The van der Waals surface area contributed by atoms with E-state index in [1.54, 1.807) is 6.20 Å². The number of aromatic nitrogens is 1. The van der Waals surface area contributed by atoms with Crippen molar-refractivity contribution < 1.29 is 0 Å². The Morgan fingerprint density at radius 3 is 3.00 bits per heavy atom. The zero-order chi connectivity index (χ0) is 9.68. The third kappa shape index (κ3) is 2.97. The van der Waals surface area contributed by atoms with Gasteiger partial charge in [0.15, 0.2) is 0 Å². The van der Waals surface area contributed by atoms with E-state index in [0.29, 0.717) is 0 Å². The van der Waals surface area contributed by atoms with Crippen molar-refractivity contribution >= 4 is 21.7 Å². The van der Waals surface area contributed by atoms with Crippen molar-refractivity contribution in [1.82, 2.24) is 4.98 Å². The summed E-state index contributed by atoms with van der Waals surface area (Å²) in [6.07, 6.45) is 2.78. The Labute approximate surface area is 87.1 Å². The van der Waals surface area contributed by atoms with Crippen LogP contribution in [0.2, 0.25) is 0 Å². The van der Waals surface area contributed by atoms with Crippen LogP contribution >= 0.6 is 15.9 Å². The van der Waals surface area contributed by atoms with Crippen LogP contribution in [0.15, 0.2) is 22.8 Å². The molecule has 0 saturated carbocycles. The average Bonchev–Trinajstić information content (AvgIpc) is 2.15. The maximum absolute atomic E-state index is 5.43. The van der Waals surface area contributed by atoms with Gasteiger partial charge in [-0.2, -0.15) is 0 Å². The van der Waals surface area contributed by atoms with Gasteiger partial charge in [-0.15, -0.1) is 0 Å². The normalized spacial score (nSPS) is 10.1. The van der Waals surface area contributed by atoms with Crippen molar-refractivity contribution in [3.05, 3.63) is 22.8 Å². The van der Waals surface area contributed by atoms with E-state index >= 15 is 0 Å². The highest BCUT2D eigenvalue weighted by Crippen LogP contribution is 2.21. The van der Waals surface area contributed by atoms with Gasteiger partial charge in [0.1, 0.15) is 5.82 Å². The van der Waals surface area contributed by atoms with Crippen LogP contribution in [0.5, 0.6) is 0 Å². The minimum atomic E-state index is 0.717. The highest BCUT2D eigenvalue weighted by Gasteiger charge is 2.04. The Morgan fingerprint density at radius 1 is 1.62 bits per heavy atom. The Hall–Kier alpha value is -0.610. The molecule has 0 saturated heterocycles. The predicted octanol–water partition coefficient (Wildman–Crippen LogP) is 1.63. The molecule has 1 aromatic rings. The number of hydrogen-bond donors (Lipinski definition) is 1. The zero-order valence-corrected chi connectivity index (χ0v) is 9.29. The smallest absolute Gasteiger partial charge is 0.142 e. The molecule has 13 heavy (non-hydrogen) atoms. The van der Waals surface area contributed by atoms with Gasteiger partial charge in [-0.05, 0) is 41.0 Å². The van der Waals surface area contributed by atoms with Gasteiger partial charge in [0.25, 0.3) is 0 Å². The fraction of sp³-hybridized carbons (Fsp3) is 0.444. The van der Waals surface area contributed by atoms with Crippen molar-refractivity contribution in [2.45, 2.75) is 6.42 Å². The van der Waals surface area contributed by atoms with Crippen LogP contribution in [0.3, 0.4) is 0 Å². The van der Waals surface area contributed by atoms with E-state index in [1.165, 1.54) is 0 Å². The second-order valence-corrected chi connectivity index (χ2v) is 3.73. The van der Waals surface area contributed by atoms with Crippen molar-refractivity contribution in [1.29, 1.82) is 0 Å². The molecule has 0 unspecified atom stereocenters. The third-order valence-electron chi connectivity index (χ3n) is 1.80. The Morgan fingerprint density at radius 2 is 2.38 bits per heavy atom. The quantitative estimate of drug-likeness (QED) is 0.875.